The summed E-state index contributed by atoms with van der Waals surface area (Å²) in [6.45, 7) is 7.33. The van der Waals surface area contributed by atoms with E-state index >= 15 is 0 Å². The van der Waals surface area contributed by atoms with Crippen LogP contribution >= 0.6 is 15.9 Å². The third kappa shape index (κ3) is 4.72. The molecule has 132 valence electrons. The van der Waals surface area contributed by atoms with Gasteiger partial charge < -0.3 is 14.7 Å². The van der Waals surface area contributed by atoms with E-state index in [1.165, 1.54) is 5.56 Å². The SMILES string of the molecule is CC(C)(C)c1ccc(OCC(=O)N2CCC(C(=O)O)CC2)c(Br)c1. The normalized spacial score (nSPS) is 16.1. The van der Waals surface area contributed by atoms with Gasteiger partial charge in [-0.3, -0.25) is 9.59 Å². The number of carboxylic acids is 1. The van der Waals surface area contributed by atoms with Crippen LogP contribution in [0.3, 0.4) is 0 Å². The fourth-order valence-electron chi connectivity index (χ4n) is 2.69. The minimum absolute atomic E-state index is 0.0365. The van der Waals surface area contributed by atoms with Crippen LogP contribution in [0.25, 0.3) is 0 Å². The van der Waals surface area contributed by atoms with Crippen molar-refractivity contribution in [1.29, 1.82) is 0 Å². The van der Waals surface area contributed by atoms with Crippen molar-refractivity contribution in [2.45, 2.75) is 39.0 Å². The lowest BCUT2D eigenvalue weighted by Crippen LogP contribution is -2.42. The number of carbonyl (C=O) groups excluding carboxylic acids is 1. The number of aliphatic carboxylic acids is 1. The zero-order valence-corrected chi connectivity index (χ0v) is 15.9. The number of rotatable bonds is 4. The minimum atomic E-state index is -0.777. The number of amides is 1. The second kappa shape index (κ2) is 7.55. The molecule has 1 N–H and O–H groups in total. The summed E-state index contributed by atoms with van der Waals surface area (Å²) in [5.74, 6) is -0.585. The van der Waals surface area contributed by atoms with Gasteiger partial charge in [0.1, 0.15) is 5.75 Å². The molecule has 0 saturated carbocycles. The van der Waals surface area contributed by atoms with Gasteiger partial charge in [0.15, 0.2) is 6.61 Å². The molecule has 1 heterocycles. The average molecular weight is 398 g/mol. The fourth-order valence-corrected chi connectivity index (χ4v) is 3.18. The molecule has 1 fully saturated rings. The van der Waals surface area contributed by atoms with Gasteiger partial charge in [-0.25, -0.2) is 0 Å². The highest BCUT2D eigenvalue weighted by Crippen LogP contribution is 2.31. The van der Waals surface area contributed by atoms with E-state index in [-0.39, 0.29) is 23.8 Å². The summed E-state index contributed by atoms with van der Waals surface area (Å²) in [6.07, 6.45) is 1.01. The molecule has 0 aliphatic carbocycles. The Morgan fingerprint density at radius 2 is 1.92 bits per heavy atom. The van der Waals surface area contributed by atoms with Crippen molar-refractivity contribution in [3.8, 4) is 5.75 Å². The Labute approximate surface area is 151 Å². The molecule has 0 radical (unpaired) electrons. The van der Waals surface area contributed by atoms with E-state index < -0.39 is 5.97 Å². The van der Waals surface area contributed by atoms with E-state index in [0.717, 1.165) is 4.47 Å². The molecule has 1 aliphatic heterocycles. The monoisotopic (exact) mass is 397 g/mol. The molecule has 1 saturated heterocycles. The van der Waals surface area contributed by atoms with Crippen LogP contribution in [0.4, 0.5) is 0 Å². The number of benzene rings is 1. The molecule has 5 nitrogen and oxygen atoms in total. The highest BCUT2D eigenvalue weighted by Gasteiger charge is 2.27. The van der Waals surface area contributed by atoms with Gasteiger partial charge >= 0.3 is 5.97 Å². The summed E-state index contributed by atoms with van der Waals surface area (Å²) in [5.41, 5.74) is 1.23. The third-order valence-corrected chi connectivity index (χ3v) is 4.97. The Kier molecular flexibility index (Phi) is 5.91. The number of carboxylic acid groups (broad SMARTS) is 1. The second-order valence-corrected chi connectivity index (χ2v) is 8.03. The van der Waals surface area contributed by atoms with Crippen molar-refractivity contribution in [3.63, 3.8) is 0 Å². The Hall–Kier alpha value is -1.56. The Morgan fingerprint density at radius 1 is 1.29 bits per heavy atom. The smallest absolute Gasteiger partial charge is 0.306 e. The van der Waals surface area contributed by atoms with Crippen LogP contribution in [0.2, 0.25) is 0 Å². The molecule has 1 aromatic carbocycles. The summed E-state index contributed by atoms with van der Waals surface area (Å²) < 4.78 is 6.47. The summed E-state index contributed by atoms with van der Waals surface area (Å²) >= 11 is 3.49. The van der Waals surface area contributed by atoms with Crippen molar-refractivity contribution in [3.05, 3.63) is 28.2 Å². The molecule has 2 rings (SSSR count). The standard InChI is InChI=1S/C18H24BrNO4/c1-18(2,3)13-4-5-15(14(19)10-13)24-11-16(21)20-8-6-12(7-9-20)17(22)23/h4-5,10,12H,6-9,11H2,1-3H3,(H,22,23). The van der Waals surface area contributed by atoms with Gasteiger partial charge in [-0.2, -0.15) is 0 Å². The number of hydrogen-bond donors (Lipinski definition) is 1. The van der Waals surface area contributed by atoms with E-state index in [0.29, 0.717) is 31.7 Å². The van der Waals surface area contributed by atoms with Gasteiger partial charge in [-0.15, -0.1) is 0 Å². The van der Waals surface area contributed by atoms with Gasteiger partial charge in [-0.05, 0) is 51.9 Å². The number of likely N-dealkylation sites (tertiary alicyclic amines) is 1. The topological polar surface area (TPSA) is 66.8 Å². The van der Waals surface area contributed by atoms with E-state index in [9.17, 15) is 9.59 Å². The number of halogens is 1. The lowest BCUT2D eigenvalue weighted by molar-refractivity contribution is -0.146. The lowest BCUT2D eigenvalue weighted by Gasteiger charge is -2.30. The maximum atomic E-state index is 12.2. The molecule has 0 bridgehead atoms. The summed E-state index contributed by atoms with van der Waals surface area (Å²) in [7, 11) is 0. The summed E-state index contributed by atoms with van der Waals surface area (Å²) in [5, 5.41) is 8.99. The van der Waals surface area contributed by atoms with Crippen LogP contribution in [0, 0.1) is 5.92 Å². The van der Waals surface area contributed by atoms with Crippen LogP contribution < -0.4 is 4.74 Å². The fraction of sp³-hybridized carbons (Fsp3) is 0.556. The van der Waals surface area contributed by atoms with Gasteiger partial charge in [0.25, 0.3) is 5.91 Å². The van der Waals surface area contributed by atoms with Crippen LogP contribution in [0.5, 0.6) is 5.75 Å². The largest absolute Gasteiger partial charge is 0.483 e. The lowest BCUT2D eigenvalue weighted by atomic mass is 9.87. The molecule has 0 spiro atoms. The average Bonchev–Trinajstić information content (AvgIpc) is 2.52. The first-order valence-corrected chi connectivity index (χ1v) is 8.91. The zero-order valence-electron chi connectivity index (χ0n) is 14.3. The predicted octanol–water partition coefficient (Wildman–Crippen LogP) is 3.45. The number of hydrogen-bond acceptors (Lipinski definition) is 3. The highest BCUT2D eigenvalue weighted by atomic mass is 79.9. The molecule has 1 amide bonds. The Morgan fingerprint density at radius 3 is 2.42 bits per heavy atom. The van der Waals surface area contributed by atoms with Gasteiger partial charge in [0.2, 0.25) is 0 Å². The van der Waals surface area contributed by atoms with E-state index in [1.807, 2.05) is 18.2 Å². The van der Waals surface area contributed by atoms with Crippen molar-refractivity contribution in [2.75, 3.05) is 19.7 Å². The number of nitrogens with zero attached hydrogens (tertiary/aromatic N) is 1. The molecule has 1 aliphatic rings. The molecular weight excluding hydrogens is 374 g/mol. The van der Waals surface area contributed by atoms with Crippen molar-refractivity contribution in [1.82, 2.24) is 4.90 Å². The van der Waals surface area contributed by atoms with Gasteiger partial charge in [-0.1, -0.05) is 26.8 Å². The van der Waals surface area contributed by atoms with Crippen molar-refractivity contribution < 1.29 is 19.4 Å². The van der Waals surface area contributed by atoms with E-state index in [1.54, 1.807) is 4.90 Å². The van der Waals surface area contributed by atoms with E-state index in [2.05, 4.69) is 36.7 Å². The molecular formula is C18H24BrNO4. The quantitative estimate of drug-likeness (QED) is 0.844. The zero-order chi connectivity index (χ0) is 17.9. The van der Waals surface area contributed by atoms with Crippen LogP contribution in [0.15, 0.2) is 22.7 Å². The van der Waals surface area contributed by atoms with Crippen molar-refractivity contribution >= 4 is 27.8 Å². The van der Waals surface area contributed by atoms with Gasteiger partial charge in [0, 0.05) is 13.1 Å². The van der Waals surface area contributed by atoms with E-state index in [4.69, 9.17) is 9.84 Å². The first-order chi connectivity index (χ1) is 11.2. The molecule has 6 heteroatoms. The maximum Gasteiger partial charge on any atom is 0.306 e. The van der Waals surface area contributed by atoms with Crippen LogP contribution in [-0.2, 0) is 15.0 Å². The first-order valence-electron chi connectivity index (χ1n) is 8.12. The molecule has 0 aromatic heterocycles. The molecule has 0 unspecified atom stereocenters. The first kappa shape index (κ1) is 18.8. The van der Waals surface area contributed by atoms with Crippen LogP contribution in [0.1, 0.15) is 39.2 Å². The second-order valence-electron chi connectivity index (χ2n) is 7.18. The molecule has 1 aromatic rings. The van der Waals surface area contributed by atoms with Gasteiger partial charge in [0.05, 0.1) is 10.4 Å². The highest BCUT2D eigenvalue weighted by molar-refractivity contribution is 9.10. The predicted molar refractivity (Wildman–Crippen MR) is 95.3 cm³/mol. The minimum Gasteiger partial charge on any atom is -0.483 e. The Balaban J connectivity index is 1.89. The number of piperidine rings is 1. The number of carbonyl (C=O) groups is 2. The van der Waals surface area contributed by atoms with Crippen LogP contribution in [-0.4, -0.2) is 41.6 Å². The summed E-state index contributed by atoms with van der Waals surface area (Å²) in [4.78, 5) is 24.8. The maximum absolute atomic E-state index is 12.2. The molecule has 0 atom stereocenters. The molecule has 24 heavy (non-hydrogen) atoms. The third-order valence-electron chi connectivity index (χ3n) is 4.35. The Bertz CT molecular complexity index is 616. The number of ether oxygens (including phenoxy) is 1. The van der Waals surface area contributed by atoms with Crippen molar-refractivity contribution in [2.24, 2.45) is 5.92 Å². The summed E-state index contributed by atoms with van der Waals surface area (Å²) in [6, 6.07) is 5.88.